The molecule has 0 spiro atoms. The minimum absolute atomic E-state index is 0.303. The lowest BCUT2D eigenvalue weighted by Gasteiger charge is -2.22. The van der Waals surface area contributed by atoms with Crippen LogP contribution >= 0.6 is 11.6 Å². The molecule has 0 unspecified atom stereocenters. The van der Waals surface area contributed by atoms with Crippen LogP contribution in [0, 0.1) is 16.7 Å². The zero-order valence-electron chi connectivity index (χ0n) is 10.6. The summed E-state index contributed by atoms with van der Waals surface area (Å²) in [5.74, 6) is -0.303. The highest BCUT2D eigenvalue weighted by Crippen LogP contribution is 2.25. The van der Waals surface area contributed by atoms with E-state index in [2.05, 4.69) is 5.32 Å². The molecule has 0 aliphatic heterocycles. The lowest BCUT2D eigenvalue weighted by atomic mass is 9.93. The normalized spacial score (nSPS) is 10.6. The fourth-order valence-electron chi connectivity index (χ4n) is 1.39. The van der Waals surface area contributed by atoms with E-state index in [1.165, 1.54) is 7.11 Å². The van der Waals surface area contributed by atoms with Gasteiger partial charge >= 0.3 is 5.97 Å². The SMILES string of the molecule is COC(=O)C(C)(C)CNc1cc(C#N)ccc1Cl. The van der Waals surface area contributed by atoms with Gasteiger partial charge in [0, 0.05) is 6.54 Å². The number of nitriles is 1. The summed E-state index contributed by atoms with van der Waals surface area (Å²) < 4.78 is 4.71. The van der Waals surface area contributed by atoms with Crippen molar-refractivity contribution in [3.05, 3.63) is 28.8 Å². The topological polar surface area (TPSA) is 62.1 Å². The Morgan fingerprint density at radius 3 is 2.78 bits per heavy atom. The van der Waals surface area contributed by atoms with Crippen LogP contribution in [-0.2, 0) is 9.53 Å². The van der Waals surface area contributed by atoms with E-state index in [0.717, 1.165) is 0 Å². The van der Waals surface area contributed by atoms with Crippen LogP contribution in [0.4, 0.5) is 5.69 Å². The number of halogens is 1. The first kappa shape index (κ1) is 14.3. The Hall–Kier alpha value is -1.73. The molecule has 0 amide bonds. The average molecular weight is 267 g/mol. The minimum Gasteiger partial charge on any atom is -0.469 e. The van der Waals surface area contributed by atoms with E-state index in [-0.39, 0.29) is 5.97 Å². The number of methoxy groups -OCH3 is 1. The largest absolute Gasteiger partial charge is 0.469 e. The summed E-state index contributed by atoms with van der Waals surface area (Å²) >= 11 is 6.01. The molecule has 4 nitrogen and oxygen atoms in total. The quantitative estimate of drug-likeness (QED) is 0.851. The fourth-order valence-corrected chi connectivity index (χ4v) is 1.58. The number of carbonyl (C=O) groups excluding carboxylic acids is 1. The van der Waals surface area contributed by atoms with Crippen molar-refractivity contribution in [2.24, 2.45) is 5.41 Å². The highest BCUT2D eigenvalue weighted by Gasteiger charge is 2.28. The Bertz CT molecular complexity index is 492. The van der Waals surface area contributed by atoms with Crippen LogP contribution in [0.2, 0.25) is 5.02 Å². The second-order valence-electron chi connectivity index (χ2n) is 4.54. The van der Waals surface area contributed by atoms with Crippen LogP contribution < -0.4 is 5.32 Å². The maximum atomic E-state index is 11.5. The first-order valence-electron chi connectivity index (χ1n) is 5.42. The van der Waals surface area contributed by atoms with E-state index in [9.17, 15) is 4.79 Å². The Morgan fingerprint density at radius 1 is 1.56 bits per heavy atom. The standard InChI is InChI=1S/C13H15ClN2O2/c1-13(2,12(17)18-3)8-16-11-6-9(7-15)4-5-10(11)14/h4-6,16H,8H2,1-3H3. The molecule has 0 bridgehead atoms. The number of benzene rings is 1. The van der Waals surface area contributed by atoms with E-state index < -0.39 is 5.41 Å². The Labute approximate surface area is 112 Å². The minimum atomic E-state index is -0.666. The molecule has 0 saturated carbocycles. The summed E-state index contributed by atoms with van der Waals surface area (Å²) in [7, 11) is 1.35. The number of hydrogen-bond acceptors (Lipinski definition) is 4. The van der Waals surface area contributed by atoms with Crippen LogP contribution in [0.1, 0.15) is 19.4 Å². The molecule has 0 aliphatic rings. The van der Waals surface area contributed by atoms with Crippen molar-refractivity contribution in [3.63, 3.8) is 0 Å². The number of rotatable bonds is 4. The maximum absolute atomic E-state index is 11.5. The van der Waals surface area contributed by atoms with Crippen molar-refractivity contribution in [1.29, 1.82) is 5.26 Å². The summed E-state index contributed by atoms with van der Waals surface area (Å²) in [5.41, 5.74) is 0.478. The van der Waals surface area contributed by atoms with Crippen molar-refractivity contribution in [3.8, 4) is 6.07 Å². The van der Waals surface area contributed by atoms with Crippen molar-refractivity contribution >= 4 is 23.3 Å². The third-order valence-electron chi connectivity index (χ3n) is 2.55. The second-order valence-corrected chi connectivity index (χ2v) is 4.94. The number of esters is 1. The van der Waals surface area contributed by atoms with Crippen molar-refractivity contribution in [2.45, 2.75) is 13.8 Å². The zero-order valence-corrected chi connectivity index (χ0v) is 11.3. The first-order valence-corrected chi connectivity index (χ1v) is 5.80. The third kappa shape index (κ3) is 3.38. The Kier molecular flexibility index (Phi) is 4.57. The number of carbonyl (C=O) groups is 1. The van der Waals surface area contributed by atoms with E-state index in [1.54, 1.807) is 32.0 Å². The van der Waals surface area contributed by atoms with Gasteiger partial charge in [-0.15, -0.1) is 0 Å². The number of hydrogen-bond donors (Lipinski definition) is 1. The molecular weight excluding hydrogens is 252 g/mol. The smallest absolute Gasteiger partial charge is 0.313 e. The van der Waals surface area contributed by atoms with E-state index >= 15 is 0 Å². The molecule has 18 heavy (non-hydrogen) atoms. The molecule has 1 N–H and O–H groups in total. The number of ether oxygens (including phenoxy) is 1. The average Bonchev–Trinajstić information content (AvgIpc) is 2.36. The van der Waals surface area contributed by atoms with Gasteiger partial charge in [-0.3, -0.25) is 4.79 Å². The first-order chi connectivity index (χ1) is 8.40. The van der Waals surface area contributed by atoms with Gasteiger partial charge < -0.3 is 10.1 Å². The van der Waals surface area contributed by atoms with Crippen LogP contribution in [0.15, 0.2) is 18.2 Å². The summed E-state index contributed by atoms with van der Waals surface area (Å²) in [6.07, 6.45) is 0. The van der Waals surface area contributed by atoms with Gasteiger partial charge in [0.15, 0.2) is 0 Å². The molecule has 0 aliphatic carbocycles. The zero-order chi connectivity index (χ0) is 13.8. The van der Waals surface area contributed by atoms with Gasteiger partial charge in [-0.1, -0.05) is 11.6 Å². The predicted octanol–water partition coefficient (Wildman–Crippen LogP) is 2.82. The van der Waals surface area contributed by atoms with Gasteiger partial charge in [-0.2, -0.15) is 5.26 Å². The molecule has 1 rings (SSSR count). The van der Waals surface area contributed by atoms with Gasteiger partial charge in [-0.05, 0) is 32.0 Å². The predicted molar refractivity (Wildman–Crippen MR) is 70.5 cm³/mol. The summed E-state index contributed by atoms with van der Waals surface area (Å²) in [5, 5.41) is 12.4. The van der Waals surface area contributed by atoms with Crippen LogP contribution in [-0.4, -0.2) is 19.6 Å². The van der Waals surface area contributed by atoms with E-state index in [4.69, 9.17) is 21.6 Å². The van der Waals surface area contributed by atoms with Gasteiger partial charge in [0.25, 0.3) is 0 Å². The van der Waals surface area contributed by atoms with Crippen LogP contribution in [0.3, 0.4) is 0 Å². The fraction of sp³-hybridized carbons (Fsp3) is 0.385. The third-order valence-corrected chi connectivity index (χ3v) is 2.88. The molecule has 0 aromatic heterocycles. The van der Waals surface area contributed by atoms with Gasteiger partial charge in [0.2, 0.25) is 0 Å². The second kappa shape index (κ2) is 5.74. The maximum Gasteiger partial charge on any atom is 0.313 e. The van der Waals surface area contributed by atoms with Crippen molar-refractivity contribution in [1.82, 2.24) is 0 Å². The number of nitrogens with zero attached hydrogens (tertiary/aromatic N) is 1. The molecule has 96 valence electrons. The van der Waals surface area contributed by atoms with Gasteiger partial charge in [0.05, 0.1) is 34.9 Å². The van der Waals surface area contributed by atoms with Crippen molar-refractivity contribution in [2.75, 3.05) is 19.0 Å². The molecule has 5 heteroatoms. The molecular formula is C13H15ClN2O2. The van der Waals surface area contributed by atoms with Crippen LogP contribution in [0.5, 0.6) is 0 Å². The highest BCUT2D eigenvalue weighted by atomic mass is 35.5. The summed E-state index contributed by atoms with van der Waals surface area (Å²) in [6.45, 7) is 3.91. The molecule has 0 radical (unpaired) electrons. The van der Waals surface area contributed by atoms with Crippen LogP contribution in [0.25, 0.3) is 0 Å². The summed E-state index contributed by atoms with van der Waals surface area (Å²) in [6, 6.07) is 6.97. The van der Waals surface area contributed by atoms with E-state index in [1.807, 2.05) is 6.07 Å². The monoisotopic (exact) mass is 266 g/mol. The lowest BCUT2D eigenvalue weighted by molar-refractivity contribution is -0.149. The Morgan fingerprint density at radius 2 is 2.22 bits per heavy atom. The van der Waals surface area contributed by atoms with Crippen molar-refractivity contribution < 1.29 is 9.53 Å². The number of anilines is 1. The molecule has 0 saturated heterocycles. The molecule has 0 heterocycles. The molecule has 1 aromatic carbocycles. The highest BCUT2D eigenvalue weighted by molar-refractivity contribution is 6.33. The van der Waals surface area contributed by atoms with E-state index in [0.29, 0.717) is 22.8 Å². The summed E-state index contributed by atoms with van der Waals surface area (Å²) in [4.78, 5) is 11.5. The van der Waals surface area contributed by atoms with Gasteiger partial charge in [-0.25, -0.2) is 0 Å². The number of nitrogens with one attached hydrogen (secondary N) is 1. The molecule has 1 aromatic rings. The molecule has 0 fully saturated rings. The Balaban J connectivity index is 2.81. The molecule has 0 atom stereocenters. The van der Waals surface area contributed by atoms with Gasteiger partial charge in [0.1, 0.15) is 0 Å². The lowest BCUT2D eigenvalue weighted by Crippen LogP contribution is -2.33.